The summed E-state index contributed by atoms with van der Waals surface area (Å²) in [5, 5.41) is 6.96. The van der Waals surface area contributed by atoms with E-state index in [1.54, 1.807) is 7.11 Å². The van der Waals surface area contributed by atoms with Crippen molar-refractivity contribution in [3.8, 4) is 5.75 Å². The zero-order chi connectivity index (χ0) is 19.9. The van der Waals surface area contributed by atoms with Gasteiger partial charge in [-0.2, -0.15) is 0 Å². The molecule has 2 N–H and O–H groups in total. The summed E-state index contributed by atoms with van der Waals surface area (Å²) in [5.74, 6) is 1.71. The molecule has 0 unspecified atom stereocenters. The first-order valence-electron chi connectivity index (χ1n) is 9.70. The standard InChI is InChI=1S/C21H36N4O2/c1-20(2,17-8-7-9-18(14-17)26-6)15-23-19(22-5)24-16-21(3,4)25-10-12-27-13-11-25/h7-9,14H,10-13,15-16H2,1-6H3,(H2,22,23,24). The van der Waals surface area contributed by atoms with Crippen LogP contribution in [-0.2, 0) is 10.2 Å². The van der Waals surface area contributed by atoms with Crippen LogP contribution in [0.15, 0.2) is 29.3 Å². The van der Waals surface area contributed by atoms with Gasteiger partial charge in [-0.05, 0) is 31.5 Å². The smallest absolute Gasteiger partial charge is 0.191 e. The highest BCUT2D eigenvalue weighted by molar-refractivity contribution is 5.79. The van der Waals surface area contributed by atoms with Crippen LogP contribution < -0.4 is 15.4 Å². The van der Waals surface area contributed by atoms with Crippen molar-refractivity contribution in [2.45, 2.75) is 38.6 Å². The van der Waals surface area contributed by atoms with Gasteiger partial charge in [-0.25, -0.2) is 0 Å². The maximum absolute atomic E-state index is 5.47. The van der Waals surface area contributed by atoms with Crippen LogP contribution in [0.25, 0.3) is 0 Å². The number of methoxy groups -OCH3 is 1. The van der Waals surface area contributed by atoms with E-state index >= 15 is 0 Å². The van der Waals surface area contributed by atoms with Crippen molar-refractivity contribution in [2.75, 3.05) is 53.6 Å². The van der Waals surface area contributed by atoms with Crippen molar-refractivity contribution >= 4 is 5.96 Å². The Morgan fingerprint density at radius 3 is 2.44 bits per heavy atom. The summed E-state index contributed by atoms with van der Waals surface area (Å²) in [6.45, 7) is 14.1. The first kappa shape index (κ1) is 21.5. The van der Waals surface area contributed by atoms with Crippen LogP contribution in [0.3, 0.4) is 0 Å². The van der Waals surface area contributed by atoms with E-state index in [1.165, 1.54) is 5.56 Å². The fourth-order valence-corrected chi connectivity index (χ4v) is 3.25. The molecule has 1 aromatic carbocycles. The van der Waals surface area contributed by atoms with Crippen LogP contribution in [0.4, 0.5) is 0 Å². The van der Waals surface area contributed by atoms with Gasteiger partial charge >= 0.3 is 0 Å². The second-order valence-corrected chi connectivity index (χ2v) is 8.31. The number of hydrogen-bond acceptors (Lipinski definition) is 4. The zero-order valence-corrected chi connectivity index (χ0v) is 17.8. The van der Waals surface area contributed by atoms with E-state index in [9.17, 15) is 0 Å². The topological polar surface area (TPSA) is 58.1 Å². The summed E-state index contributed by atoms with van der Waals surface area (Å²) < 4.78 is 10.8. The number of guanidine groups is 1. The van der Waals surface area contributed by atoms with E-state index in [2.05, 4.69) is 60.4 Å². The largest absolute Gasteiger partial charge is 0.497 e. The zero-order valence-electron chi connectivity index (χ0n) is 17.8. The Labute approximate surface area is 164 Å². The summed E-state index contributed by atoms with van der Waals surface area (Å²) in [4.78, 5) is 6.86. The fourth-order valence-electron chi connectivity index (χ4n) is 3.25. The monoisotopic (exact) mass is 376 g/mol. The number of aliphatic imine (C=N–C) groups is 1. The second-order valence-electron chi connectivity index (χ2n) is 8.31. The predicted molar refractivity (Wildman–Crippen MR) is 112 cm³/mol. The minimum Gasteiger partial charge on any atom is -0.497 e. The lowest BCUT2D eigenvalue weighted by molar-refractivity contribution is -0.00834. The molecule has 1 aliphatic rings. The van der Waals surface area contributed by atoms with Crippen LogP contribution >= 0.6 is 0 Å². The third-order valence-corrected chi connectivity index (χ3v) is 5.33. The van der Waals surface area contributed by atoms with Crippen molar-refractivity contribution < 1.29 is 9.47 Å². The fraction of sp³-hybridized carbons (Fsp3) is 0.667. The molecule has 2 rings (SSSR count). The molecule has 0 bridgehead atoms. The number of nitrogens with zero attached hydrogens (tertiary/aromatic N) is 2. The SMILES string of the molecule is CN=C(NCC(C)(C)c1cccc(OC)c1)NCC(C)(C)N1CCOCC1. The van der Waals surface area contributed by atoms with E-state index in [-0.39, 0.29) is 11.0 Å². The molecule has 152 valence electrons. The van der Waals surface area contributed by atoms with Gasteiger partial charge in [-0.15, -0.1) is 0 Å². The van der Waals surface area contributed by atoms with Crippen LogP contribution in [0.2, 0.25) is 0 Å². The van der Waals surface area contributed by atoms with Crippen molar-refractivity contribution in [1.29, 1.82) is 0 Å². The number of nitrogens with one attached hydrogen (secondary N) is 2. The van der Waals surface area contributed by atoms with Gasteiger partial charge in [0.15, 0.2) is 5.96 Å². The maximum Gasteiger partial charge on any atom is 0.191 e. The normalized spacial score (nSPS) is 16.9. The van der Waals surface area contributed by atoms with E-state index in [0.717, 1.165) is 51.1 Å². The van der Waals surface area contributed by atoms with Crippen molar-refractivity contribution in [3.05, 3.63) is 29.8 Å². The molecule has 1 aliphatic heterocycles. The van der Waals surface area contributed by atoms with Crippen LogP contribution in [0.1, 0.15) is 33.3 Å². The third-order valence-electron chi connectivity index (χ3n) is 5.33. The van der Waals surface area contributed by atoms with Gasteiger partial charge in [0.25, 0.3) is 0 Å². The molecule has 0 atom stereocenters. The number of morpholine rings is 1. The first-order chi connectivity index (χ1) is 12.8. The number of rotatable bonds is 7. The number of ether oxygens (including phenoxy) is 2. The van der Waals surface area contributed by atoms with Gasteiger partial charge in [0.2, 0.25) is 0 Å². The molecular weight excluding hydrogens is 340 g/mol. The Morgan fingerprint density at radius 2 is 1.81 bits per heavy atom. The molecular formula is C21H36N4O2. The lowest BCUT2D eigenvalue weighted by atomic mass is 9.84. The molecule has 0 aromatic heterocycles. The Hall–Kier alpha value is -1.79. The van der Waals surface area contributed by atoms with Gasteiger partial charge in [0, 0.05) is 44.2 Å². The minimum absolute atomic E-state index is 0.0454. The molecule has 0 spiro atoms. The molecule has 6 heteroatoms. The summed E-state index contributed by atoms with van der Waals surface area (Å²) >= 11 is 0. The van der Waals surface area contributed by atoms with Gasteiger partial charge in [-0.1, -0.05) is 26.0 Å². The minimum atomic E-state index is -0.0497. The summed E-state index contributed by atoms with van der Waals surface area (Å²) in [5.41, 5.74) is 1.23. The molecule has 1 heterocycles. The summed E-state index contributed by atoms with van der Waals surface area (Å²) in [6.07, 6.45) is 0. The lowest BCUT2D eigenvalue weighted by Crippen LogP contribution is -2.57. The molecule has 1 aromatic rings. The highest BCUT2D eigenvalue weighted by Gasteiger charge is 2.28. The molecule has 0 amide bonds. The lowest BCUT2D eigenvalue weighted by Gasteiger charge is -2.41. The average molecular weight is 377 g/mol. The molecule has 1 saturated heterocycles. The molecule has 0 saturated carbocycles. The van der Waals surface area contributed by atoms with Crippen LogP contribution in [0, 0.1) is 0 Å². The number of hydrogen-bond donors (Lipinski definition) is 2. The van der Waals surface area contributed by atoms with Crippen molar-refractivity contribution in [2.24, 2.45) is 4.99 Å². The Bertz CT molecular complexity index is 622. The van der Waals surface area contributed by atoms with Gasteiger partial charge in [0.1, 0.15) is 5.75 Å². The molecule has 1 fully saturated rings. The highest BCUT2D eigenvalue weighted by atomic mass is 16.5. The quantitative estimate of drug-likeness (QED) is 0.565. The van der Waals surface area contributed by atoms with Crippen LogP contribution in [-0.4, -0.2) is 69.9 Å². The summed E-state index contributed by atoms with van der Waals surface area (Å²) in [6, 6.07) is 8.25. The van der Waals surface area contributed by atoms with Gasteiger partial charge in [0.05, 0.1) is 20.3 Å². The molecule has 27 heavy (non-hydrogen) atoms. The van der Waals surface area contributed by atoms with E-state index in [4.69, 9.17) is 9.47 Å². The second kappa shape index (κ2) is 9.42. The highest BCUT2D eigenvalue weighted by Crippen LogP contribution is 2.25. The molecule has 0 radical (unpaired) electrons. The maximum atomic E-state index is 5.47. The van der Waals surface area contributed by atoms with Gasteiger partial charge < -0.3 is 20.1 Å². The third kappa shape index (κ3) is 6.11. The first-order valence-corrected chi connectivity index (χ1v) is 9.70. The van der Waals surface area contributed by atoms with Crippen LogP contribution in [0.5, 0.6) is 5.75 Å². The van der Waals surface area contributed by atoms with Crippen molar-refractivity contribution in [1.82, 2.24) is 15.5 Å². The predicted octanol–water partition coefficient (Wildman–Crippen LogP) is 2.25. The Balaban J connectivity index is 1.90. The van der Waals surface area contributed by atoms with E-state index in [0.29, 0.717) is 0 Å². The van der Waals surface area contributed by atoms with Crippen molar-refractivity contribution in [3.63, 3.8) is 0 Å². The summed E-state index contributed by atoms with van der Waals surface area (Å²) in [7, 11) is 3.52. The molecule has 0 aliphatic carbocycles. The number of benzene rings is 1. The van der Waals surface area contributed by atoms with Gasteiger partial charge in [-0.3, -0.25) is 9.89 Å². The Morgan fingerprint density at radius 1 is 1.15 bits per heavy atom. The average Bonchev–Trinajstić information content (AvgIpc) is 2.68. The van der Waals surface area contributed by atoms with E-state index in [1.807, 2.05) is 19.2 Å². The molecule has 6 nitrogen and oxygen atoms in total. The Kier molecular flexibility index (Phi) is 7.50. The van der Waals surface area contributed by atoms with E-state index < -0.39 is 0 Å².